The Morgan fingerprint density at radius 2 is 1.82 bits per heavy atom. The largest absolute Gasteiger partial charge is 2.00 e. The molecule has 0 fully saturated rings. The third-order valence-electron chi connectivity index (χ3n) is 1.43. The first kappa shape index (κ1) is 13.7. The van der Waals surface area contributed by atoms with Gasteiger partial charge in [-0.3, -0.25) is 0 Å². The van der Waals surface area contributed by atoms with Crippen molar-refractivity contribution in [1.82, 2.24) is 0 Å². The Kier molecular flexibility index (Phi) is 8.52. The van der Waals surface area contributed by atoms with Crippen LogP contribution in [0, 0.1) is 5.92 Å². The number of allylic oxidation sites excluding steroid dienone is 5. The molecule has 1 aliphatic carbocycles. The van der Waals surface area contributed by atoms with Gasteiger partial charge in [-0.25, -0.2) is 0 Å². The van der Waals surface area contributed by atoms with E-state index in [1.165, 1.54) is 5.92 Å². The van der Waals surface area contributed by atoms with Crippen molar-refractivity contribution >= 4 is 23.1 Å². The monoisotopic (exact) mass is 178 g/mol. The number of hydrogen-bond donors (Lipinski definition) is 0. The normalized spacial score (nSPS) is 13.9. The maximum Gasteiger partial charge on any atom is 2.00 e. The Morgan fingerprint density at radius 3 is 2.18 bits per heavy atom. The van der Waals surface area contributed by atoms with Crippen LogP contribution in [-0.4, -0.2) is 23.1 Å². The van der Waals surface area contributed by atoms with Gasteiger partial charge in [0.05, 0.1) is 0 Å². The van der Waals surface area contributed by atoms with Crippen LogP contribution in [0.3, 0.4) is 0 Å². The van der Waals surface area contributed by atoms with E-state index in [4.69, 9.17) is 0 Å². The van der Waals surface area contributed by atoms with E-state index < -0.39 is 0 Å². The summed E-state index contributed by atoms with van der Waals surface area (Å²) >= 11 is 0. The van der Waals surface area contributed by atoms with Crippen molar-refractivity contribution in [1.29, 1.82) is 0 Å². The predicted molar refractivity (Wildman–Crippen MR) is 46.7 cm³/mol. The van der Waals surface area contributed by atoms with Crippen molar-refractivity contribution < 1.29 is 12.4 Å². The summed E-state index contributed by atoms with van der Waals surface area (Å²) in [5.74, 6) is 1.38. The van der Waals surface area contributed by atoms with E-state index in [1.54, 1.807) is 0 Å². The molecule has 0 radical (unpaired) electrons. The van der Waals surface area contributed by atoms with Gasteiger partial charge in [0, 0.05) is 0 Å². The predicted octanol–water partition coefficient (Wildman–Crippen LogP) is -0.724. The van der Waals surface area contributed by atoms with Crippen LogP contribution in [0.4, 0.5) is 0 Å². The molecule has 1 aliphatic rings. The molecule has 0 bridgehead atoms. The molecule has 56 valence electrons. The smallest absolute Gasteiger partial charge is 1.00 e. The third-order valence-corrected chi connectivity index (χ3v) is 1.43. The minimum absolute atomic E-state index is 0. The zero-order valence-electron chi connectivity index (χ0n) is 6.81. The fraction of sp³-hybridized carbons (Fsp3) is 0.222. The zero-order chi connectivity index (χ0) is 6.69. The summed E-state index contributed by atoms with van der Waals surface area (Å²) in [5, 5.41) is 0. The molecule has 0 N–H and O–H groups in total. The van der Waals surface area contributed by atoms with Crippen LogP contribution in [0.15, 0.2) is 36.5 Å². The van der Waals surface area contributed by atoms with E-state index in [1.807, 2.05) is 12.2 Å². The van der Waals surface area contributed by atoms with Gasteiger partial charge >= 0.3 is 23.1 Å². The van der Waals surface area contributed by atoms with Gasteiger partial charge in [-0.2, -0.15) is 30.2 Å². The van der Waals surface area contributed by atoms with Gasteiger partial charge in [-0.1, -0.05) is 13.3 Å². The van der Waals surface area contributed by atoms with Gasteiger partial charge < -0.3 is 12.4 Å². The topological polar surface area (TPSA) is 0 Å². The molecular formula is C9H11ClMg. The van der Waals surface area contributed by atoms with Crippen LogP contribution in [0.5, 0.6) is 0 Å². The molecule has 0 aromatic heterocycles. The molecule has 0 spiro atoms. The van der Waals surface area contributed by atoms with Gasteiger partial charge in [0.2, 0.25) is 0 Å². The Balaban J connectivity index is 0. The fourth-order valence-corrected chi connectivity index (χ4v) is 0.775. The second-order valence-corrected chi connectivity index (χ2v) is 2.17. The van der Waals surface area contributed by atoms with Crippen molar-refractivity contribution in [3.63, 3.8) is 0 Å². The summed E-state index contributed by atoms with van der Waals surface area (Å²) in [5.41, 5.74) is 1.09. The standard InChI is InChI=1S/C9H11.ClH.Mg/c1-3-9-6-4-8(2)5-7-9;;/h4-7H,2-3H2,1H3;1H;/q-1;;+2/p-1. The Hall–Kier alpha value is 0.146. The molecule has 0 saturated heterocycles. The van der Waals surface area contributed by atoms with Gasteiger partial charge in [0.15, 0.2) is 0 Å². The summed E-state index contributed by atoms with van der Waals surface area (Å²) < 4.78 is 0. The number of hydrogen-bond acceptors (Lipinski definition) is 0. The van der Waals surface area contributed by atoms with Gasteiger partial charge in [-0.15, -0.1) is 12.2 Å². The third kappa shape index (κ3) is 4.56. The molecule has 0 unspecified atom stereocenters. The van der Waals surface area contributed by atoms with Crippen LogP contribution < -0.4 is 12.4 Å². The van der Waals surface area contributed by atoms with Crippen LogP contribution in [-0.2, 0) is 0 Å². The average Bonchev–Trinajstić information content (AvgIpc) is 1.90. The van der Waals surface area contributed by atoms with Crippen molar-refractivity contribution in [2.24, 2.45) is 0 Å². The first-order valence-corrected chi connectivity index (χ1v) is 3.24. The average molecular weight is 179 g/mol. The second-order valence-electron chi connectivity index (χ2n) is 2.17. The van der Waals surface area contributed by atoms with E-state index >= 15 is 0 Å². The summed E-state index contributed by atoms with van der Waals surface area (Å²) in [6.45, 7) is 5.95. The fourth-order valence-electron chi connectivity index (χ4n) is 0.775. The molecule has 0 aliphatic heterocycles. The molecule has 2 heteroatoms. The molecule has 0 saturated carbocycles. The van der Waals surface area contributed by atoms with Crippen LogP contribution >= 0.6 is 0 Å². The SMILES string of the molecule is C=C1C=C[C-](CC)C=C1.[Cl-].[Mg+2]. The first-order chi connectivity index (χ1) is 4.33. The van der Waals surface area contributed by atoms with Crippen molar-refractivity contribution in [2.75, 3.05) is 0 Å². The molecule has 0 heterocycles. The van der Waals surface area contributed by atoms with Crippen LogP contribution in [0.25, 0.3) is 0 Å². The molecule has 1 rings (SSSR count). The maximum absolute atomic E-state index is 3.80. The first-order valence-electron chi connectivity index (χ1n) is 3.24. The molecule has 0 nitrogen and oxygen atoms in total. The Labute approximate surface area is 91.0 Å². The van der Waals surface area contributed by atoms with E-state index in [0.29, 0.717) is 0 Å². The van der Waals surface area contributed by atoms with E-state index in [-0.39, 0.29) is 35.5 Å². The Morgan fingerprint density at radius 1 is 1.36 bits per heavy atom. The summed E-state index contributed by atoms with van der Waals surface area (Å²) in [7, 11) is 0. The van der Waals surface area contributed by atoms with Gasteiger partial charge in [0.1, 0.15) is 0 Å². The molecule has 0 atom stereocenters. The molecule has 0 aromatic carbocycles. The van der Waals surface area contributed by atoms with E-state index in [9.17, 15) is 0 Å². The van der Waals surface area contributed by atoms with Crippen LogP contribution in [0.1, 0.15) is 13.3 Å². The van der Waals surface area contributed by atoms with Gasteiger partial charge in [-0.05, 0) is 0 Å². The molecular weight excluding hydrogens is 168 g/mol. The molecule has 0 amide bonds. The van der Waals surface area contributed by atoms with E-state index in [2.05, 4.69) is 25.7 Å². The van der Waals surface area contributed by atoms with Crippen LogP contribution in [0.2, 0.25) is 0 Å². The van der Waals surface area contributed by atoms with Crippen molar-refractivity contribution in [3.05, 3.63) is 42.4 Å². The second kappa shape index (κ2) is 6.83. The molecule has 0 aromatic rings. The number of rotatable bonds is 1. The minimum Gasteiger partial charge on any atom is -1.00 e. The van der Waals surface area contributed by atoms with Gasteiger partial charge in [0.25, 0.3) is 0 Å². The van der Waals surface area contributed by atoms with E-state index in [0.717, 1.165) is 12.0 Å². The van der Waals surface area contributed by atoms with Crippen molar-refractivity contribution in [3.8, 4) is 0 Å². The summed E-state index contributed by atoms with van der Waals surface area (Å²) in [4.78, 5) is 0. The maximum atomic E-state index is 3.80. The van der Waals surface area contributed by atoms with Crippen molar-refractivity contribution in [2.45, 2.75) is 13.3 Å². The summed E-state index contributed by atoms with van der Waals surface area (Å²) in [6, 6.07) is 0. The minimum atomic E-state index is 0. The Bertz CT molecular complexity index is 154. The molecule has 11 heavy (non-hydrogen) atoms. The zero-order valence-corrected chi connectivity index (χ0v) is 8.98. The number of halogens is 1. The quantitative estimate of drug-likeness (QED) is 0.368. The summed E-state index contributed by atoms with van der Waals surface area (Å²) in [6.07, 6.45) is 9.42.